The van der Waals surface area contributed by atoms with Crippen LogP contribution in [0, 0.1) is 6.92 Å². The number of hydrogen-bond donors (Lipinski definition) is 1. The van der Waals surface area contributed by atoms with Crippen LogP contribution in [-0.2, 0) is 6.42 Å². The maximum atomic E-state index is 10.9. The van der Waals surface area contributed by atoms with Gasteiger partial charge >= 0.3 is 5.97 Å². The number of imidazole rings is 1. The second-order valence-corrected chi connectivity index (χ2v) is 4.05. The fourth-order valence-corrected chi connectivity index (χ4v) is 2.51. The first kappa shape index (κ1) is 9.21. The van der Waals surface area contributed by atoms with Crippen LogP contribution in [0.5, 0.6) is 0 Å². The number of fused-ring (bicyclic) bond motifs is 1. The summed E-state index contributed by atoms with van der Waals surface area (Å²) in [6.07, 6.45) is 2.54. The van der Waals surface area contributed by atoms with Gasteiger partial charge in [0.05, 0.1) is 6.20 Å². The maximum absolute atomic E-state index is 10.9. The molecule has 74 valence electrons. The standard InChI is InChI=1S/C9H10N2O2S/c1-3-6-10-4-7-11(6)5(2)8(14-7)9(12)13/h4H,3H2,1-2H3,(H,12,13). The zero-order valence-electron chi connectivity index (χ0n) is 7.94. The summed E-state index contributed by atoms with van der Waals surface area (Å²) in [6.45, 7) is 3.82. The largest absolute Gasteiger partial charge is 0.477 e. The molecule has 2 rings (SSSR count). The highest BCUT2D eigenvalue weighted by molar-refractivity contribution is 7.19. The third kappa shape index (κ3) is 1.13. The summed E-state index contributed by atoms with van der Waals surface area (Å²) in [4.78, 5) is 16.4. The van der Waals surface area contributed by atoms with E-state index in [1.165, 1.54) is 11.3 Å². The Labute approximate surface area is 84.8 Å². The Kier molecular flexibility index (Phi) is 2.03. The summed E-state index contributed by atoms with van der Waals surface area (Å²) in [5.41, 5.74) is 0.770. The molecule has 0 saturated heterocycles. The van der Waals surface area contributed by atoms with E-state index in [0.717, 1.165) is 22.8 Å². The van der Waals surface area contributed by atoms with Crippen molar-refractivity contribution in [3.63, 3.8) is 0 Å². The van der Waals surface area contributed by atoms with Crippen LogP contribution in [0.3, 0.4) is 0 Å². The number of carboxylic acids is 1. The number of nitrogens with zero attached hydrogens (tertiary/aromatic N) is 2. The smallest absolute Gasteiger partial charge is 0.347 e. The first-order valence-electron chi connectivity index (χ1n) is 4.34. The SMILES string of the molecule is CCc1ncc2sc(C(=O)O)c(C)n12. The lowest BCUT2D eigenvalue weighted by Crippen LogP contribution is -1.99. The minimum absolute atomic E-state index is 0.400. The third-order valence-corrected chi connectivity index (χ3v) is 3.35. The second-order valence-electron chi connectivity index (χ2n) is 3.02. The molecule has 0 radical (unpaired) electrons. The minimum Gasteiger partial charge on any atom is -0.477 e. The Bertz CT molecular complexity index is 498. The van der Waals surface area contributed by atoms with E-state index in [-0.39, 0.29) is 0 Å². The van der Waals surface area contributed by atoms with Gasteiger partial charge in [0.25, 0.3) is 0 Å². The fraction of sp³-hybridized carbons (Fsp3) is 0.333. The number of carbonyl (C=O) groups is 1. The summed E-state index contributed by atoms with van der Waals surface area (Å²) >= 11 is 1.27. The van der Waals surface area contributed by atoms with Gasteiger partial charge in [-0.15, -0.1) is 11.3 Å². The van der Waals surface area contributed by atoms with Crippen molar-refractivity contribution in [3.05, 3.63) is 22.6 Å². The molecule has 1 N–H and O–H groups in total. The van der Waals surface area contributed by atoms with Crippen LogP contribution in [0.2, 0.25) is 0 Å². The van der Waals surface area contributed by atoms with Crippen LogP contribution in [0.15, 0.2) is 6.20 Å². The van der Waals surface area contributed by atoms with Crippen molar-refractivity contribution < 1.29 is 9.90 Å². The molecule has 0 aromatic carbocycles. The molecule has 0 saturated carbocycles. The quantitative estimate of drug-likeness (QED) is 0.824. The van der Waals surface area contributed by atoms with E-state index in [1.54, 1.807) is 6.20 Å². The molecule has 2 heterocycles. The molecule has 0 aliphatic heterocycles. The lowest BCUT2D eigenvalue weighted by Gasteiger charge is -1.96. The normalized spacial score (nSPS) is 11.0. The van der Waals surface area contributed by atoms with E-state index in [9.17, 15) is 4.79 Å². The van der Waals surface area contributed by atoms with E-state index >= 15 is 0 Å². The number of hydrogen-bond acceptors (Lipinski definition) is 3. The van der Waals surface area contributed by atoms with Crippen LogP contribution in [-0.4, -0.2) is 20.5 Å². The Morgan fingerprint density at radius 3 is 3.00 bits per heavy atom. The van der Waals surface area contributed by atoms with Gasteiger partial charge in [-0.05, 0) is 6.92 Å². The topological polar surface area (TPSA) is 54.6 Å². The summed E-state index contributed by atoms with van der Waals surface area (Å²) in [5.74, 6) is 0.0551. The Morgan fingerprint density at radius 2 is 2.43 bits per heavy atom. The van der Waals surface area contributed by atoms with Crippen LogP contribution in [0.1, 0.15) is 28.1 Å². The lowest BCUT2D eigenvalue weighted by molar-refractivity contribution is 0.0701. The van der Waals surface area contributed by atoms with Gasteiger partial charge in [0.1, 0.15) is 15.5 Å². The maximum Gasteiger partial charge on any atom is 0.347 e. The number of aromatic nitrogens is 2. The monoisotopic (exact) mass is 210 g/mol. The van der Waals surface area contributed by atoms with Crippen molar-refractivity contribution in [1.82, 2.24) is 9.38 Å². The number of rotatable bonds is 2. The molecule has 0 amide bonds. The van der Waals surface area contributed by atoms with Crippen LogP contribution in [0.4, 0.5) is 0 Å². The van der Waals surface area contributed by atoms with E-state index in [1.807, 2.05) is 18.2 Å². The highest BCUT2D eigenvalue weighted by atomic mass is 32.1. The highest BCUT2D eigenvalue weighted by Gasteiger charge is 2.16. The molecule has 0 bridgehead atoms. The summed E-state index contributed by atoms with van der Waals surface area (Å²) in [7, 11) is 0. The Hall–Kier alpha value is -1.36. The van der Waals surface area contributed by atoms with Crippen LogP contribution < -0.4 is 0 Å². The molecule has 2 aromatic rings. The Balaban J connectivity index is 2.75. The third-order valence-electron chi connectivity index (χ3n) is 2.18. The predicted octanol–water partition coefficient (Wildman–Crippen LogP) is 1.96. The average Bonchev–Trinajstić information content (AvgIpc) is 2.66. The molecule has 0 aliphatic carbocycles. The van der Waals surface area contributed by atoms with Gasteiger partial charge in [-0.25, -0.2) is 9.78 Å². The molecule has 14 heavy (non-hydrogen) atoms. The molecule has 0 aliphatic rings. The van der Waals surface area contributed by atoms with Crippen LogP contribution >= 0.6 is 11.3 Å². The summed E-state index contributed by atoms with van der Waals surface area (Å²) in [5, 5.41) is 8.93. The average molecular weight is 210 g/mol. The molecule has 0 fully saturated rings. The molecule has 0 atom stereocenters. The van der Waals surface area contributed by atoms with Crippen LogP contribution in [0.25, 0.3) is 4.83 Å². The van der Waals surface area contributed by atoms with Gasteiger partial charge in [-0.3, -0.25) is 4.40 Å². The minimum atomic E-state index is -0.863. The first-order valence-corrected chi connectivity index (χ1v) is 5.15. The molecule has 0 spiro atoms. The van der Waals surface area contributed by atoms with Crippen molar-refractivity contribution in [1.29, 1.82) is 0 Å². The molecule has 2 aromatic heterocycles. The first-order chi connectivity index (χ1) is 6.65. The number of thiazole rings is 1. The van der Waals surface area contributed by atoms with E-state index < -0.39 is 5.97 Å². The van der Waals surface area contributed by atoms with E-state index in [2.05, 4.69) is 4.98 Å². The van der Waals surface area contributed by atoms with Crippen molar-refractivity contribution in [2.45, 2.75) is 20.3 Å². The molecule has 4 nitrogen and oxygen atoms in total. The molecule has 5 heteroatoms. The molecule has 0 unspecified atom stereocenters. The van der Waals surface area contributed by atoms with Gasteiger partial charge in [0.2, 0.25) is 0 Å². The van der Waals surface area contributed by atoms with Gasteiger partial charge in [0, 0.05) is 12.1 Å². The number of aromatic carboxylic acids is 1. The van der Waals surface area contributed by atoms with Gasteiger partial charge in [-0.1, -0.05) is 6.92 Å². The molecular weight excluding hydrogens is 200 g/mol. The van der Waals surface area contributed by atoms with Crippen molar-refractivity contribution >= 4 is 22.1 Å². The summed E-state index contributed by atoms with van der Waals surface area (Å²) < 4.78 is 1.91. The number of aryl methyl sites for hydroxylation is 2. The van der Waals surface area contributed by atoms with Gasteiger partial charge in [0.15, 0.2) is 0 Å². The second kappa shape index (κ2) is 3.09. The van der Waals surface area contributed by atoms with E-state index in [0.29, 0.717) is 4.88 Å². The molecular formula is C9H10N2O2S. The highest BCUT2D eigenvalue weighted by Crippen LogP contribution is 2.24. The predicted molar refractivity (Wildman–Crippen MR) is 54.1 cm³/mol. The Morgan fingerprint density at radius 1 is 1.71 bits per heavy atom. The van der Waals surface area contributed by atoms with Crippen molar-refractivity contribution in [3.8, 4) is 0 Å². The van der Waals surface area contributed by atoms with Gasteiger partial charge < -0.3 is 5.11 Å². The number of carboxylic acid groups (broad SMARTS) is 1. The van der Waals surface area contributed by atoms with Crippen molar-refractivity contribution in [2.24, 2.45) is 0 Å². The fourth-order valence-electron chi connectivity index (χ4n) is 1.53. The van der Waals surface area contributed by atoms with Gasteiger partial charge in [-0.2, -0.15) is 0 Å². The summed E-state index contributed by atoms with van der Waals surface area (Å²) in [6, 6.07) is 0. The zero-order valence-corrected chi connectivity index (χ0v) is 8.76. The zero-order chi connectivity index (χ0) is 10.3. The lowest BCUT2D eigenvalue weighted by atomic mass is 10.4. The van der Waals surface area contributed by atoms with E-state index in [4.69, 9.17) is 5.11 Å². The van der Waals surface area contributed by atoms with Crippen molar-refractivity contribution in [2.75, 3.05) is 0 Å².